The maximum atomic E-state index is 12.1. The first-order chi connectivity index (χ1) is 9.83. The number of rotatable bonds is 6. The number of halogens is 2. The van der Waals surface area contributed by atoms with E-state index in [4.69, 9.17) is 0 Å². The van der Waals surface area contributed by atoms with Crippen LogP contribution in [0.15, 0.2) is 24.3 Å². The summed E-state index contributed by atoms with van der Waals surface area (Å²) < 4.78 is 28.5. The first-order valence-corrected chi connectivity index (χ1v) is 6.43. The molecule has 2 rings (SSSR count). The van der Waals surface area contributed by atoms with E-state index >= 15 is 0 Å². The number of carboxylic acids is 1. The van der Waals surface area contributed by atoms with Gasteiger partial charge in [-0.1, -0.05) is 6.07 Å². The van der Waals surface area contributed by atoms with Crippen molar-refractivity contribution in [2.75, 3.05) is 0 Å². The highest BCUT2D eigenvalue weighted by Gasteiger charge is 2.48. The van der Waals surface area contributed by atoms with Crippen LogP contribution in [0.3, 0.4) is 0 Å². The van der Waals surface area contributed by atoms with E-state index in [1.54, 1.807) is 0 Å². The van der Waals surface area contributed by atoms with Crippen molar-refractivity contribution in [2.45, 2.75) is 31.9 Å². The lowest BCUT2D eigenvalue weighted by Gasteiger charge is -2.26. The Hall–Kier alpha value is -2.18. The summed E-state index contributed by atoms with van der Waals surface area (Å²) in [4.78, 5) is 23.5. The molecule has 114 valence electrons. The summed E-state index contributed by atoms with van der Waals surface area (Å²) in [5, 5.41) is 11.7. The van der Waals surface area contributed by atoms with Gasteiger partial charge in [-0.2, -0.15) is 8.78 Å². The van der Waals surface area contributed by atoms with Gasteiger partial charge in [0.1, 0.15) is 11.3 Å². The third-order valence-electron chi connectivity index (χ3n) is 3.53. The van der Waals surface area contributed by atoms with Gasteiger partial charge in [0.15, 0.2) is 0 Å². The number of carboxylic acid groups (broad SMARTS) is 1. The average molecular weight is 299 g/mol. The molecule has 7 heteroatoms. The second-order valence-electron chi connectivity index (χ2n) is 5.14. The molecule has 0 saturated heterocycles. The number of carbonyl (C=O) groups excluding carboxylic acids is 1. The molecule has 0 heterocycles. The quantitative estimate of drug-likeness (QED) is 0.845. The lowest BCUT2D eigenvalue weighted by atomic mass is 9.95. The monoisotopic (exact) mass is 299 g/mol. The number of nitrogens with one attached hydrogen (secondary N) is 1. The summed E-state index contributed by atoms with van der Waals surface area (Å²) >= 11 is 0. The Bertz CT molecular complexity index is 560. The van der Waals surface area contributed by atoms with E-state index < -0.39 is 24.0 Å². The molecule has 1 aliphatic carbocycles. The SMILES string of the molecule is CC(NC(=O)c1cccc(OC(F)F)c1)(C(=O)O)C1CC1. The van der Waals surface area contributed by atoms with Crippen LogP contribution in [0.2, 0.25) is 0 Å². The van der Waals surface area contributed by atoms with Crippen LogP contribution in [0, 0.1) is 5.92 Å². The van der Waals surface area contributed by atoms with Crippen molar-refractivity contribution < 1.29 is 28.2 Å². The molecule has 1 unspecified atom stereocenters. The Morgan fingerprint density at radius 3 is 2.62 bits per heavy atom. The fourth-order valence-electron chi connectivity index (χ4n) is 2.11. The van der Waals surface area contributed by atoms with Crippen molar-refractivity contribution in [3.05, 3.63) is 29.8 Å². The van der Waals surface area contributed by atoms with Crippen molar-refractivity contribution in [3.63, 3.8) is 0 Å². The first-order valence-electron chi connectivity index (χ1n) is 6.43. The maximum absolute atomic E-state index is 12.1. The molecule has 2 N–H and O–H groups in total. The number of ether oxygens (including phenoxy) is 1. The summed E-state index contributed by atoms with van der Waals surface area (Å²) in [5.41, 5.74) is -1.28. The number of amides is 1. The molecular formula is C14H15F2NO4. The van der Waals surface area contributed by atoms with E-state index in [1.165, 1.54) is 25.1 Å². The van der Waals surface area contributed by atoms with Gasteiger partial charge in [0.05, 0.1) is 0 Å². The summed E-state index contributed by atoms with van der Waals surface area (Å²) in [6.07, 6.45) is 1.47. The second-order valence-corrected chi connectivity index (χ2v) is 5.14. The smallest absolute Gasteiger partial charge is 0.387 e. The highest BCUT2D eigenvalue weighted by molar-refractivity contribution is 5.98. The van der Waals surface area contributed by atoms with Gasteiger partial charge in [-0.25, -0.2) is 4.79 Å². The molecule has 1 saturated carbocycles. The minimum atomic E-state index is -2.99. The van der Waals surface area contributed by atoms with E-state index in [0.717, 1.165) is 18.9 Å². The first kappa shape index (κ1) is 15.2. The van der Waals surface area contributed by atoms with E-state index in [1.807, 2.05) is 0 Å². The number of hydrogen-bond acceptors (Lipinski definition) is 3. The highest BCUT2D eigenvalue weighted by atomic mass is 19.3. The molecule has 21 heavy (non-hydrogen) atoms. The van der Waals surface area contributed by atoms with Crippen molar-refractivity contribution >= 4 is 11.9 Å². The number of benzene rings is 1. The summed E-state index contributed by atoms with van der Waals surface area (Å²) in [6.45, 7) is -1.54. The van der Waals surface area contributed by atoms with Gasteiger partial charge in [-0.05, 0) is 43.9 Å². The van der Waals surface area contributed by atoms with Gasteiger partial charge in [0.2, 0.25) is 0 Å². The Morgan fingerprint density at radius 1 is 1.43 bits per heavy atom. The molecule has 1 aliphatic rings. The van der Waals surface area contributed by atoms with Gasteiger partial charge < -0.3 is 15.2 Å². The van der Waals surface area contributed by atoms with E-state index in [-0.39, 0.29) is 17.2 Å². The largest absolute Gasteiger partial charge is 0.480 e. The number of carbonyl (C=O) groups is 2. The molecule has 0 aliphatic heterocycles. The average Bonchev–Trinajstić information content (AvgIpc) is 3.22. The molecular weight excluding hydrogens is 284 g/mol. The minimum absolute atomic E-state index is 0.0706. The second kappa shape index (κ2) is 5.67. The fraction of sp³-hybridized carbons (Fsp3) is 0.429. The molecule has 0 bridgehead atoms. The van der Waals surface area contributed by atoms with Gasteiger partial charge in [0, 0.05) is 5.56 Å². The van der Waals surface area contributed by atoms with Crippen LogP contribution in [0.1, 0.15) is 30.1 Å². The predicted molar refractivity (Wildman–Crippen MR) is 69.3 cm³/mol. The lowest BCUT2D eigenvalue weighted by molar-refractivity contribution is -0.144. The third kappa shape index (κ3) is 3.48. The van der Waals surface area contributed by atoms with Gasteiger partial charge in [0.25, 0.3) is 5.91 Å². The highest BCUT2D eigenvalue weighted by Crippen LogP contribution is 2.39. The number of alkyl halides is 2. The van der Waals surface area contributed by atoms with Crippen LogP contribution >= 0.6 is 0 Å². The predicted octanol–water partition coefficient (Wildman–Crippen LogP) is 2.27. The maximum Gasteiger partial charge on any atom is 0.387 e. The Labute approximate surface area is 119 Å². The zero-order valence-corrected chi connectivity index (χ0v) is 11.3. The molecule has 0 spiro atoms. The molecule has 1 atom stereocenters. The summed E-state index contributed by atoms with van der Waals surface area (Å²) in [6, 6.07) is 5.24. The van der Waals surface area contributed by atoms with Crippen molar-refractivity contribution in [1.82, 2.24) is 5.32 Å². The van der Waals surface area contributed by atoms with Crippen molar-refractivity contribution in [3.8, 4) is 5.75 Å². The van der Waals surface area contributed by atoms with Gasteiger partial charge in [-0.15, -0.1) is 0 Å². The molecule has 1 aromatic carbocycles. The van der Waals surface area contributed by atoms with Crippen LogP contribution in [-0.2, 0) is 4.79 Å². The van der Waals surface area contributed by atoms with E-state index in [2.05, 4.69) is 10.1 Å². The minimum Gasteiger partial charge on any atom is -0.480 e. The van der Waals surface area contributed by atoms with Crippen LogP contribution < -0.4 is 10.1 Å². The summed E-state index contributed by atoms with van der Waals surface area (Å²) in [5.74, 6) is -2.01. The lowest BCUT2D eigenvalue weighted by Crippen LogP contribution is -2.54. The molecule has 1 aromatic rings. The molecule has 1 amide bonds. The fourth-order valence-corrected chi connectivity index (χ4v) is 2.11. The number of aliphatic carboxylic acids is 1. The Morgan fingerprint density at radius 2 is 2.10 bits per heavy atom. The number of hydrogen-bond donors (Lipinski definition) is 2. The molecule has 0 aromatic heterocycles. The van der Waals surface area contributed by atoms with E-state index in [9.17, 15) is 23.5 Å². The molecule has 0 radical (unpaired) electrons. The normalized spacial score (nSPS) is 17.1. The standard InChI is InChI=1S/C14H15F2NO4/c1-14(12(19)20,9-5-6-9)17-11(18)8-3-2-4-10(7-8)21-13(15)16/h2-4,7,9,13H,5-6H2,1H3,(H,17,18)(H,19,20). The zero-order valence-electron chi connectivity index (χ0n) is 11.3. The van der Waals surface area contributed by atoms with Gasteiger partial charge >= 0.3 is 12.6 Å². The van der Waals surface area contributed by atoms with Gasteiger partial charge in [-0.3, -0.25) is 4.79 Å². The van der Waals surface area contributed by atoms with Crippen molar-refractivity contribution in [1.29, 1.82) is 0 Å². The molecule has 1 fully saturated rings. The van der Waals surface area contributed by atoms with Crippen LogP contribution in [-0.4, -0.2) is 29.1 Å². The molecule has 5 nitrogen and oxygen atoms in total. The van der Waals surface area contributed by atoms with Crippen LogP contribution in [0.4, 0.5) is 8.78 Å². The Balaban J connectivity index is 2.14. The van der Waals surface area contributed by atoms with Crippen LogP contribution in [0.25, 0.3) is 0 Å². The van der Waals surface area contributed by atoms with Crippen LogP contribution in [0.5, 0.6) is 5.75 Å². The zero-order chi connectivity index (χ0) is 15.6. The van der Waals surface area contributed by atoms with E-state index in [0.29, 0.717) is 0 Å². The topological polar surface area (TPSA) is 75.6 Å². The van der Waals surface area contributed by atoms with Crippen molar-refractivity contribution in [2.24, 2.45) is 5.92 Å². The third-order valence-corrected chi connectivity index (χ3v) is 3.53. The Kier molecular flexibility index (Phi) is 4.11. The summed E-state index contributed by atoms with van der Waals surface area (Å²) in [7, 11) is 0.